The predicted octanol–water partition coefficient (Wildman–Crippen LogP) is 4.74. The second-order valence-corrected chi connectivity index (χ2v) is 6.15. The van der Waals surface area contributed by atoms with E-state index in [0.717, 1.165) is 0 Å². The van der Waals surface area contributed by atoms with Crippen LogP contribution in [0.3, 0.4) is 0 Å². The first kappa shape index (κ1) is 16.9. The van der Waals surface area contributed by atoms with Gasteiger partial charge in [-0.3, -0.25) is 0 Å². The highest BCUT2D eigenvalue weighted by Crippen LogP contribution is 2.44. The molecule has 1 heterocycles. The average molecular weight is 368 g/mol. The molecular formula is C19H11Cl2N3O. The SMILES string of the molecule is N#CC1=C(N)OC(c2ccccc2)=C(C#N)[C@H]1c1ccc(Cl)cc1Cl. The van der Waals surface area contributed by atoms with Gasteiger partial charge in [0.25, 0.3) is 0 Å². The Labute approximate surface area is 155 Å². The molecular weight excluding hydrogens is 357 g/mol. The summed E-state index contributed by atoms with van der Waals surface area (Å²) in [6, 6.07) is 18.2. The first-order chi connectivity index (χ1) is 12.1. The maximum Gasteiger partial charge on any atom is 0.205 e. The summed E-state index contributed by atoms with van der Waals surface area (Å²) in [5.41, 5.74) is 7.63. The van der Waals surface area contributed by atoms with Gasteiger partial charge in [-0.25, -0.2) is 0 Å². The number of hydrogen-bond acceptors (Lipinski definition) is 4. The lowest BCUT2D eigenvalue weighted by Crippen LogP contribution is -2.20. The molecule has 2 aromatic rings. The quantitative estimate of drug-likeness (QED) is 0.830. The van der Waals surface area contributed by atoms with Gasteiger partial charge in [0.15, 0.2) is 5.76 Å². The molecule has 1 atom stereocenters. The summed E-state index contributed by atoms with van der Waals surface area (Å²) < 4.78 is 5.62. The molecule has 0 aromatic heterocycles. The van der Waals surface area contributed by atoms with E-state index in [9.17, 15) is 10.5 Å². The van der Waals surface area contributed by atoms with Crippen LogP contribution in [0.4, 0.5) is 0 Å². The number of hydrogen-bond donors (Lipinski definition) is 1. The van der Waals surface area contributed by atoms with E-state index in [1.807, 2.05) is 24.3 Å². The molecule has 4 nitrogen and oxygen atoms in total. The molecule has 0 saturated heterocycles. The molecule has 0 aliphatic carbocycles. The number of ether oxygens (including phenoxy) is 1. The van der Waals surface area contributed by atoms with E-state index in [4.69, 9.17) is 33.7 Å². The Morgan fingerprint density at radius 2 is 1.64 bits per heavy atom. The second kappa shape index (κ2) is 6.91. The minimum absolute atomic E-state index is 0.0450. The van der Waals surface area contributed by atoms with Crippen molar-refractivity contribution in [2.45, 2.75) is 5.92 Å². The van der Waals surface area contributed by atoms with Crippen molar-refractivity contribution in [3.63, 3.8) is 0 Å². The maximum absolute atomic E-state index is 9.77. The number of benzene rings is 2. The van der Waals surface area contributed by atoms with E-state index in [0.29, 0.717) is 26.9 Å². The van der Waals surface area contributed by atoms with Gasteiger partial charge in [0.2, 0.25) is 5.88 Å². The molecule has 1 aliphatic rings. The molecule has 0 bridgehead atoms. The molecule has 0 fully saturated rings. The fourth-order valence-corrected chi connectivity index (χ4v) is 3.24. The molecule has 0 saturated carbocycles. The lowest BCUT2D eigenvalue weighted by Gasteiger charge is -2.26. The minimum atomic E-state index is -0.719. The van der Waals surface area contributed by atoms with Crippen molar-refractivity contribution in [2.75, 3.05) is 0 Å². The summed E-state index contributed by atoms with van der Waals surface area (Å²) in [6.07, 6.45) is 0. The zero-order valence-electron chi connectivity index (χ0n) is 12.8. The van der Waals surface area contributed by atoms with Crippen molar-refractivity contribution in [3.05, 3.63) is 86.7 Å². The molecule has 1 aliphatic heterocycles. The molecule has 25 heavy (non-hydrogen) atoms. The monoisotopic (exact) mass is 367 g/mol. The highest BCUT2D eigenvalue weighted by atomic mass is 35.5. The van der Waals surface area contributed by atoms with Crippen molar-refractivity contribution in [1.29, 1.82) is 10.5 Å². The fourth-order valence-electron chi connectivity index (χ4n) is 2.72. The Morgan fingerprint density at radius 3 is 2.24 bits per heavy atom. The largest absolute Gasteiger partial charge is 0.439 e. The predicted molar refractivity (Wildman–Crippen MR) is 96.1 cm³/mol. The molecule has 0 radical (unpaired) electrons. The third-order valence-electron chi connectivity index (χ3n) is 3.85. The van der Waals surface area contributed by atoms with Crippen LogP contribution in [0.2, 0.25) is 10.0 Å². The van der Waals surface area contributed by atoms with Gasteiger partial charge >= 0.3 is 0 Å². The van der Waals surface area contributed by atoms with Crippen LogP contribution in [0.15, 0.2) is 65.6 Å². The highest BCUT2D eigenvalue weighted by molar-refractivity contribution is 6.35. The van der Waals surface area contributed by atoms with Gasteiger partial charge in [-0.15, -0.1) is 0 Å². The number of nitriles is 2. The van der Waals surface area contributed by atoms with E-state index in [1.165, 1.54) is 0 Å². The van der Waals surface area contributed by atoms with Crippen LogP contribution < -0.4 is 5.73 Å². The van der Waals surface area contributed by atoms with Crippen LogP contribution in [-0.4, -0.2) is 0 Å². The lowest BCUT2D eigenvalue weighted by molar-refractivity contribution is 0.357. The first-order valence-electron chi connectivity index (χ1n) is 7.29. The highest BCUT2D eigenvalue weighted by Gasteiger charge is 2.34. The summed E-state index contributed by atoms with van der Waals surface area (Å²) in [7, 11) is 0. The summed E-state index contributed by atoms with van der Waals surface area (Å²) in [5.74, 6) is -0.448. The number of rotatable bonds is 2. The molecule has 0 amide bonds. The van der Waals surface area contributed by atoms with Crippen LogP contribution >= 0.6 is 23.2 Å². The van der Waals surface area contributed by atoms with E-state index in [2.05, 4.69) is 6.07 Å². The molecule has 0 unspecified atom stereocenters. The average Bonchev–Trinajstić information content (AvgIpc) is 2.62. The number of allylic oxidation sites excluding steroid dienone is 2. The van der Waals surface area contributed by atoms with Gasteiger partial charge in [-0.05, 0) is 17.7 Å². The van der Waals surface area contributed by atoms with Crippen molar-refractivity contribution in [3.8, 4) is 12.1 Å². The number of nitrogens with two attached hydrogens (primary N) is 1. The molecule has 2 N–H and O–H groups in total. The zero-order valence-corrected chi connectivity index (χ0v) is 14.3. The Kier molecular flexibility index (Phi) is 4.67. The topological polar surface area (TPSA) is 82.8 Å². The van der Waals surface area contributed by atoms with Crippen LogP contribution in [0.5, 0.6) is 0 Å². The van der Waals surface area contributed by atoms with E-state index in [1.54, 1.807) is 30.3 Å². The van der Waals surface area contributed by atoms with Crippen molar-refractivity contribution in [1.82, 2.24) is 0 Å². The second-order valence-electron chi connectivity index (χ2n) is 5.31. The van der Waals surface area contributed by atoms with E-state index >= 15 is 0 Å². The number of halogens is 2. The third-order valence-corrected chi connectivity index (χ3v) is 4.41. The maximum atomic E-state index is 9.77. The van der Waals surface area contributed by atoms with Gasteiger partial charge in [0.1, 0.15) is 11.6 Å². The van der Waals surface area contributed by atoms with Gasteiger partial charge in [0, 0.05) is 15.6 Å². The van der Waals surface area contributed by atoms with Crippen LogP contribution in [0.1, 0.15) is 17.0 Å². The van der Waals surface area contributed by atoms with Gasteiger partial charge in [-0.1, -0.05) is 59.6 Å². The third kappa shape index (κ3) is 3.06. The Hall–Kier alpha value is -2.92. The van der Waals surface area contributed by atoms with E-state index < -0.39 is 5.92 Å². The fraction of sp³-hybridized carbons (Fsp3) is 0.0526. The van der Waals surface area contributed by atoms with Crippen molar-refractivity contribution in [2.24, 2.45) is 5.73 Å². The van der Waals surface area contributed by atoms with Gasteiger partial charge in [-0.2, -0.15) is 10.5 Å². The lowest BCUT2D eigenvalue weighted by atomic mass is 9.82. The van der Waals surface area contributed by atoms with Gasteiger partial charge < -0.3 is 10.5 Å². The van der Waals surface area contributed by atoms with Crippen LogP contribution in [-0.2, 0) is 4.74 Å². The van der Waals surface area contributed by atoms with Crippen molar-refractivity contribution < 1.29 is 4.74 Å². The Morgan fingerprint density at radius 1 is 0.960 bits per heavy atom. The normalized spacial score (nSPS) is 16.9. The molecule has 2 aromatic carbocycles. The first-order valence-corrected chi connectivity index (χ1v) is 8.04. The van der Waals surface area contributed by atoms with Crippen molar-refractivity contribution >= 4 is 29.0 Å². The molecule has 6 heteroatoms. The van der Waals surface area contributed by atoms with Crippen LogP contribution in [0, 0.1) is 22.7 Å². The standard InChI is InChI=1S/C19H11Cl2N3O/c20-12-6-7-13(16(21)8-12)17-14(9-22)18(11-4-2-1-3-5-11)25-19(24)15(17)10-23/h1-8,17H,24H2/t17-/m1/s1. The summed E-state index contributed by atoms with van der Waals surface area (Å²) in [5, 5.41) is 20.1. The molecule has 122 valence electrons. The summed E-state index contributed by atoms with van der Waals surface area (Å²) in [6.45, 7) is 0. The van der Waals surface area contributed by atoms with Gasteiger partial charge in [0.05, 0.1) is 17.6 Å². The summed E-state index contributed by atoms with van der Waals surface area (Å²) >= 11 is 12.3. The molecule has 0 spiro atoms. The smallest absolute Gasteiger partial charge is 0.205 e. The Balaban J connectivity index is 2.27. The zero-order chi connectivity index (χ0) is 18.0. The minimum Gasteiger partial charge on any atom is -0.439 e. The Bertz CT molecular complexity index is 982. The van der Waals surface area contributed by atoms with Crippen LogP contribution in [0.25, 0.3) is 5.76 Å². The molecule has 3 rings (SSSR count). The van der Waals surface area contributed by atoms with E-state index in [-0.39, 0.29) is 17.0 Å². The number of nitrogens with zero attached hydrogens (tertiary/aromatic N) is 2. The summed E-state index contributed by atoms with van der Waals surface area (Å²) in [4.78, 5) is 0.